The molecule has 0 saturated carbocycles. The van der Waals surface area contributed by atoms with Crippen molar-refractivity contribution in [3.05, 3.63) is 18.2 Å². The summed E-state index contributed by atoms with van der Waals surface area (Å²) in [5, 5.41) is 8.43. The fraction of sp³-hybridized carbons (Fsp3) is 0.222. The van der Waals surface area contributed by atoms with Crippen molar-refractivity contribution < 1.29 is 23.1 Å². The van der Waals surface area contributed by atoms with E-state index in [0.29, 0.717) is 5.69 Å². The van der Waals surface area contributed by atoms with Gasteiger partial charge in [0, 0.05) is 5.69 Å². The molecule has 0 aliphatic rings. The maximum absolute atomic E-state index is 11.4. The fourth-order valence-electron chi connectivity index (χ4n) is 1.17. The lowest BCUT2D eigenvalue weighted by Gasteiger charge is -2.11. The first-order valence-corrected chi connectivity index (χ1v) is 6.15. The van der Waals surface area contributed by atoms with E-state index in [2.05, 4.69) is 4.72 Å². The van der Waals surface area contributed by atoms with Crippen molar-refractivity contribution >= 4 is 27.4 Å². The molecule has 0 amide bonds. The van der Waals surface area contributed by atoms with Crippen LogP contribution in [0.5, 0.6) is 5.75 Å². The van der Waals surface area contributed by atoms with Crippen LogP contribution in [-0.2, 0) is 14.8 Å². The largest absolute Gasteiger partial charge is 0.495 e. The molecule has 0 atom stereocenters. The molecule has 1 rings (SSSR count). The summed E-state index contributed by atoms with van der Waals surface area (Å²) in [6.45, 7) is 0. The third-order valence-electron chi connectivity index (χ3n) is 1.80. The van der Waals surface area contributed by atoms with Gasteiger partial charge in [-0.05, 0) is 18.2 Å². The Bertz CT molecular complexity index is 526. The van der Waals surface area contributed by atoms with Crippen LogP contribution in [0.25, 0.3) is 0 Å². The molecule has 0 fully saturated rings. The molecule has 0 heterocycles. The number of benzene rings is 1. The van der Waals surface area contributed by atoms with Gasteiger partial charge in [0.25, 0.3) is 0 Å². The SMILES string of the molecule is COc1ccc(N)cc1NS(=O)(=O)CC(=O)O. The van der Waals surface area contributed by atoms with Crippen LogP contribution in [-0.4, -0.2) is 32.4 Å². The summed E-state index contributed by atoms with van der Waals surface area (Å²) in [4.78, 5) is 10.4. The van der Waals surface area contributed by atoms with Crippen LogP contribution in [0.15, 0.2) is 18.2 Å². The second kappa shape index (κ2) is 4.91. The van der Waals surface area contributed by atoms with Crippen molar-refractivity contribution in [3.63, 3.8) is 0 Å². The third kappa shape index (κ3) is 3.83. The number of carbonyl (C=O) groups is 1. The molecule has 0 aliphatic carbocycles. The Morgan fingerprint density at radius 1 is 1.53 bits per heavy atom. The number of ether oxygens (including phenoxy) is 1. The van der Waals surface area contributed by atoms with Crippen LogP contribution in [0.4, 0.5) is 11.4 Å². The van der Waals surface area contributed by atoms with Crippen molar-refractivity contribution in [1.29, 1.82) is 0 Å². The smallest absolute Gasteiger partial charge is 0.320 e. The zero-order chi connectivity index (χ0) is 13.1. The van der Waals surface area contributed by atoms with Gasteiger partial charge in [-0.1, -0.05) is 0 Å². The molecule has 8 heteroatoms. The number of hydrogen-bond acceptors (Lipinski definition) is 5. The predicted molar refractivity (Wildman–Crippen MR) is 62.5 cm³/mol. The second-order valence-corrected chi connectivity index (χ2v) is 4.94. The average molecular weight is 260 g/mol. The first kappa shape index (κ1) is 13.1. The quantitative estimate of drug-likeness (QED) is 0.646. The molecule has 0 unspecified atom stereocenters. The molecule has 1 aromatic rings. The summed E-state index contributed by atoms with van der Waals surface area (Å²) in [6.07, 6.45) is 0. The monoisotopic (exact) mass is 260 g/mol. The van der Waals surface area contributed by atoms with E-state index in [1.54, 1.807) is 0 Å². The number of nitrogen functional groups attached to an aromatic ring is 1. The highest BCUT2D eigenvalue weighted by molar-refractivity contribution is 7.93. The van der Waals surface area contributed by atoms with E-state index in [-0.39, 0.29) is 11.4 Å². The Kier molecular flexibility index (Phi) is 3.79. The average Bonchev–Trinajstić information content (AvgIpc) is 2.14. The van der Waals surface area contributed by atoms with Crippen LogP contribution in [0.3, 0.4) is 0 Å². The molecule has 4 N–H and O–H groups in total. The van der Waals surface area contributed by atoms with E-state index >= 15 is 0 Å². The minimum atomic E-state index is -3.97. The number of anilines is 2. The van der Waals surface area contributed by atoms with E-state index in [1.165, 1.54) is 25.3 Å². The number of carboxylic acids is 1. The first-order chi connectivity index (χ1) is 7.84. The normalized spacial score (nSPS) is 10.9. The van der Waals surface area contributed by atoms with Crippen molar-refractivity contribution in [2.45, 2.75) is 0 Å². The summed E-state index contributed by atoms with van der Waals surface area (Å²) in [7, 11) is -2.61. The van der Waals surface area contributed by atoms with Crippen LogP contribution in [0.2, 0.25) is 0 Å². The van der Waals surface area contributed by atoms with Gasteiger partial charge in [0.15, 0.2) is 5.75 Å². The Balaban J connectivity index is 3.02. The summed E-state index contributed by atoms with van der Waals surface area (Å²) >= 11 is 0. The lowest BCUT2D eigenvalue weighted by atomic mass is 10.2. The van der Waals surface area contributed by atoms with Gasteiger partial charge in [-0.3, -0.25) is 9.52 Å². The molecule has 1 aromatic carbocycles. The third-order valence-corrected chi connectivity index (χ3v) is 2.96. The van der Waals surface area contributed by atoms with Crippen molar-refractivity contribution in [3.8, 4) is 5.75 Å². The number of aliphatic carboxylic acids is 1. The highest BCUT2D eigenvalue weighted by Gasteiger charge is 2.17. The van der Waals surface area contributed by atoms with E-state index in [1.807, 2.05) is 0 Å². The van der Waals surface area contributed by atoms with Gasteiger partial charge >= 0.3 is 5.97 Å². The highest BCUT2D eigenvalue weighted by atomic mass is 32.2. The molecular weight excluding hydrogens is 248 g/mol. The number of nitrogens with one attached hydrogen (secondary N) is 1. The first-order valence-electron chi connectivity index (χ1n) is 4.50. The Labute approximate surface area is 98.2 Å². The Morgan fingerprint density at radius 3 is 2.71 bits per heavy atom. The molecule has 0 aromatic heterocycles. The summed E-state index contributed by atoms with van der Waals surface area (Å²) in [5.41, 5.74) is 5.93. The zero-order valence-corrected chi connectivity index (χ0v) is 9.82. The maximum atomic E-state index is 11.4. The fourth-order valence-corrected chi connectivity index (χ4v) is 2.06. The summed E-state index contributed by atoms with van der Waals surface area (Å²) in [5.74, 6) is -2.21. The summed E-state index contributed by atoms with van der Waals surface area (Å²) < 4.78 is 29.8. The van der Waals surface area contributed by atoms with Crippen LogP contribution in [0.1, 0.15) is 0 Å². The van der Waals surface area contributed by atoms with Crippen molar-refractivity contribution in [1.82, 2.24) is 0 Å². The van der Waals surface area contributed by atoms with Gasteiger partial charge in [0.2, 0.25) is 10.0 Å². The minimum absolute atomic E-state index is 0.105. The number of methoxy groups -OCH3 is 1. The van der Waals surface area contributed by atoms with Crippen LogP contribution >= 0.6 is 0 Å². The van der Waals surface area contributed by atoms with Crippen LogP contribution < -0.4 is 15.2 Å². The van der Waals surface area contributed by atoms with Gasteiger partial charge < -0.3 is 15.6 Å². The molecule has 94 valence electrons. The molecule has 0 aliphatic heterocycles. The second-order valence-electron chi connectivity index (χ2n) is 3.21. The van der Waals surface area contributed by atoms with Gasteiger partial charge in [-0.25, -0.2) is 8.42 Å². The molecule has 0 saturated heterocycles. The van der Waals surface area contributed by atoms with Crippen LogP contribution in [0, 0.1) is 0 Å². The van der Waals surface area contributed by atoms with Gasteiger partial charge in [0.05, 0.1) is 12.8 Å². The standard InChI is InChI=1S/C9H12N2O5S/c1-16-8-3-2-6(10)4-7(8)11-17(14,15)5-9(12)13/h2-4,11H,5,10H2,1H3,(H,12,13). The number of hydrogen-bond donors (Lipinski definition) is 3. The molecule has 0 bridgehead atoms. The Morgan fingerprint density at radius 2 is 2.18 bits per heavy atom. The number of carboxylic acid groups (broad SMARTS) is 1. The van der Waals surface area contributed by atoms with Crippen molar-refractivity contribution in [2.24, 2.45) is 0 Å². The molecule has 0 spiro atoms. The summed E-state index contributed by atoms with van der Waals surface area (Å²) in [6, 6.07) is 4.36. The van der Waals surface area contributed by atoms with E-state index < -0.39 is 21.7 Å². The molecular formula is C9H12N2O5S. The lowest BCUT2D eigenvalue weighted by molar-refractivity contribution is -0.134. The van der Waals surface area contributed by atoms with E-state index in [9.17, 15) is 13.2 Å². The number of nitrogens with two attached hydrogens (primary N) is 1. The van der Waals surface area contributed by atoms with Gasteiger partial charge in [0.1, 0.15) is 5.75 Å². The lowest BCUT2D eigenvalue weighted by Crippen LogP contribution is -2.22. The minimum Gasteiger partial charge on any atom is -0.495 e. The molecule has 17 heavy (non-hydrogen) atoms. The number of sulfonamides is 1. The number of rotatable bonds is 5. The topological polar surface area (TPSA) is 119 Å². The van der Waals surface area contributed by atoms with E-state index in [0.717, 1.165) is 0 Å². The van der Waals surface area contributed by atoms with Crippen molar-refractivity contribution in [2.75, 3.05) is 23.3 Å². The zero-order valence-electron chi connectivity index (χ0n) is 9.00. The van der Waals surface area contributed by atoms with Gasteiger partial charge in [-0.2, -0.15) is 0 Å². The highest BCUT2D eigenvalue weighted by Crippen LogP contribution is 2.27. The molecule has 7 nitrogen and oxygen atoms in total. The van der Waals surface area contributed by atoms with E-state index in [4.69, 9.17) is 15.6 Å². The van der Waals surface area contributed by atoms with Gasteiger partial charge in [-0.15, -0.1) is 0 Å². The molecule has 0 radical (unpaired) electrons. The predicted octanol–water partition coefficient (Wildman–Crippen LogP) is 0.104. The maximum Gasteiger partial charge on any atom is 0.320 e. The Hall–Kier alpha value is -1.96.